The highest BCUT2D eigenvalue weighted by molar-refractivity contribution is 6.14. The van der Waals surface area contributed by atoms with Crippen molar-refractivity contribution >= 4 is 60.5 Å². The third kappa shape index (κ3) is 4.95. The maximum Gasteiger partial charge on any atom is 0.135 e. The van der Waals surface area contributed by atoms with Crippen molar-refractivity contribution in [3.05, 3.63) is 199 Å². The minimum atomic E-state index is -0.211. The Hall–Kier alpha value is -6.90. The summed E-state index contributed by atoms with van der Waals surface area (Å²) in [5, 5.41) is 7.28. The number of rotatable bonds is 5. The Labute approximate surface area is 320 Å². The van der Waals surface area contributed by atoms with Crippen LogP contribution in [0.25, 0.3) is 76.9 Å². The van der Waals surface area contributed by atoms with Crippen LogP contribution in [-0.2, 0) is 5.41 Å². The maximum absolute atomic E-state index is 6.15. The average molecular weight is 704 g/mol. The van der Waals surface area contributed by atoms with Crippen LogP contribution in [-0.4, -0.2) is 0 Å². The van der Waals surface area contributed by atoms with Crippen LogP contribution in [0.3, 0.4) is 0 Å². The van der Waals surface area contributed by atoms with Gasteiger partial charge in [-0.3, -0.25) is 0 Å². The first-order valence-electron chi connectivity index (χ1n) is 19.1. The molecule has 11 rings (SSSR count). The largest absolute Gasteiger partial charge is 0.456 e. The molecule has 0 radical (unpaired) electrons. The SMILES string of the molecule is CC1(C)c2cc(-c3ccc4oc5ccccc5c4c3)ccc2-c2ccc(N(c3ccc(-c4ccccc4)cc3)c3cc4ccccc4c4ccccc34)cc21. The normalized spacial score (nSPS) is 13.1. The van der Waals surface area contributed by atoms with Gasteiger partial charge < -0.3 is 9.32 Å². The molecule has 10 aromatic rings. The van der Waals surface area contributed by atoms with Gasteiger partial charge in [0.05, 0.1) is 5.69 Å². The minimum Gasteiger partial charge on any atom is -0.456 e. The van der Waals surface area contributed by atoms with E-state index in [9.17, 15) is 0 Å². The summed E-state index contributed by atoms with van der Waals surface area (Å²) in [7, 11) is 0. The molecule has 0 N–H and O–H groups in total. The summed E-state index contributed by atoms with van der Waals surface area (Å²) in [5.41, 5.74) is 15.2. The van der Waals surface area contributed by atoms with Gasteiger partial charge in [0.25, 0.3) is 0 Å². The highest BCUT2D eigenvalue weighted by atomic mass is 16.3. The van der Waals surface area contributed by atoms with Gasteiger partial charge >= 0.3 is 0 Å². The smallest absolute Gasteiger partial charge is 0.135 e. The third-order valence-corrected chi connectivity index (χ3v) is 11.8. The number of furan rings is 1. The van der Waals surface area contributed by atoms with Crippen LogP contribution in [0.15, 0.2) is 192 Å². The number of para-hydroxylation sites is 1. The van der Waals surface area contributed by atoms with Gasteiger partial charge in [-0.15, -0.1) is 0 Å². The number of benzene rings is 9. The van der Waals surface area contributed by atoms with Crippen LogP contribution in [0.1, 0.15) is 25.0 Å². The maximum atomic E-state index is 6.15. The fourth-order valence-electron chi connectivity index (χ4n) is 9.03. The van der Waals surface area contributed by atoms with E-state index in [4.69, 9.17) is 4.42 Å². The van der Waals surface area contributed by atoms with E-state index in [-0.39, 0.29) is 5.41 Å². The molecule has 1 aliphatic rings. The van der Waals surface area contributed by atoms with E-state index in [1.807, 2.05) is 12.1 Å². The molecule has 0 bridgehead atoms. The molecule has 0 unspecified atom stereocenters. The monoisotopic (exact) mass is 703 g/mol. The van der Waals surface area contributed by atoms with Gasteiger partial charge in [0.1, 0.15) is 11.2 Å². The first kappa shape index (κ1) is 31.6. The number of hydrogen-bond acceptors (Lipinski definition) is 2. The highest BCUT2D eigenvalue weighted by Crippen LogP contribution is 2.52. The molecule has 260 valence electrons. The van der Waals surface area contributed by atoms with Gasteiger partial charge in [-0.05, 0) is 115 Å². The molecule has 0 aliphatic heterocycles. The summed E-state index contributed by atoms with van der Waals surface area (Å²) in [6.07, 6.45) is 0. The summed E-state index contributed by atoms with van der Waals surface area (Å²) in [5.74, 6) is 0. The van der Waals surface area contributed by atoms with Gasteiger partial charge in [-0.1, -0.05) is 147 Å². The first-order chi connectivity index (χ1) is 27.0. The third-order valence-electron chi connectivity index (χ3n) is 11.8. The molecule has 0 atom stereocenters. The fourth-order valence-corrected chi connectivity index (χ4v) is 9.03. The quantitative estimate of drug-likeness (QED) is 0.166. The van der Waals surface area contributed by atoms with Crippen LogP contribution in [0.2, 0.25) is 0 Å². The lowest BCUT2D eigenvalue weighted by molar-refractivity contribution is 0.660. The second-order valence-corrected chi connectivity index (χ2v) is 15.3. The van der Waals surface area contributed by atoms with Crippen molar-refractivity contribution < 1.29 is 4.42 Å². The molecule has 0 saturated heterocycles. The molecule has 0 spiro atoms. The minimum absolute atomic E-state index is 0.211. The van der Waals surface area contributed by atoms with Crippen molar-refractivity contribution in [3.63, 3.8) is 0 Å². The second kappa shape index (κ2) is 12.1. The summed E-state index contributed by atoms with van der Waals surface area (Å²) in [6, 6.07) is 68.6. The summed E-state index contributed by atoms with van der Waals surface area (Å²) < 4.78 is 6.15. The van der Waals surface area contributed by atoms with Crippen LogP contribution < -0.4 is 4.90 Å². The molecule has 55 heavy (non-hydrogen) atoms. The van der Waals surface area contributed by atoms with Gasteiger partial charge in [0, 0.05) is 32.9 Å². The molecular formula is C53H37NO. The van der Waals surface area contributed by atoms with Crippen molar-refractivity contribution in [2.24, 2.45) is 0 Å². The molecule has 0 amide bonds. The van der Waals surface area contributed by atoms with Crippen molar-refractivity contribution in [3.8, 4) is 33.4 Å². The molecule has 1 heterocycles. The van der Waals surface area contributed by atoms with Crippen molar-refractivity contribution in [2.75, 3.05) is 4.90 Å². The molecule has 1 aromatic heterocycles. The Morgan fingerprint density at radius 3 is 1.76 bits per heavy atom. The zero-order valence-electron chi connectivity index (χ0n) is 30.8. The zero-order valence-corrected chi connectivity index (χ0v) is 30.8. The molecule has 2 nitrogen and oxygen atoms in total. The van der Waals surface area contributed by atoms with Gasteiger partial charge in [0.2, 0.25) is 0 Å². The van der Waals surface area contributed by atoms with Crippen LogP contribution in [0.5, 0.6) is 0 Å². The summed E-state index contributed by atoms with van der Waals surface area (Å²) in [4.78, 5) is 2.46. The van der Waals surface area contributed by atoms with E-state index >= 15 is 0 Å². The molecule has 0 saturated carbocycles. The number of hydrogen-bond donors (Lipinski definition) is 0. The van der Waals surface area contributed by atoms with E-state index < -0.39 is 0 Å². The Kier molecular flexibility index (Phi) is 6.93. The van der Waals surface area contributed by atoms with Crippen LogP contribution >= 0.6 is 0 Å². The standard InChI is InChI=1S/C53H37NO/c1-53(2)48-31-37(36-23-29-52-47(30-36)46-18-10-11-19-51(46)55-52)22-27-43(48)44-28-26-40(33-49(44)53)54(39-24-20-35(21-25-39)34-12-4-3-5-13-34)50-32-38-14-6-7-15-41(38)42-16-8-9-17-45(42)50/h3-33H,1-2H3. The molecular weight excluding hydrogens is 667 g/mol. The van der Waals surface area contributed by atoms with Crippen molar-refractivity contribution in [2.45, 2.75) is 19.3 Å². The second-order valence-electron chi connectivity index (χ2n) is 15.3. The zero-order chi connectivity index (χ0) is 36.7. The van der Waals surface area contributed by atoms with Gasteiger partial charge in [0.15, 0.2) is 0 Å². The lowest BCUT2D eigenvalue weighted by Gasteiger charge is -2.29. The summed E-state index contributed by atoms with van der Waals surface area (Å²) in [6.45, 7) is 4.75. The molecule has 2 heteroatoms. The topological polar surface area (TPSA) is 16.4 Å². The average Bonchev–Trinajstić information content (AvgIpc) is 3.72. The Morgan fingerprint density at radius 1 is 0.382 bits per heavy atom. The van der Waals surface area contributed by atoms with Crippen molar-refractivity contribution in [1.82, 2.24) is 0 Å². The molecule has 1 aliphatic carbocycles. The Balaban J connectivity index is 1.06. The van der Waals surface area contributed by atoms with Gasteiger partial charge in [-0.25, -0.2) is 0 Å². The van der Waals surface area contributed by atoms with Crippen molar-refractivity contribution in [1.29, 1.82) is 0 Å². The molecule has 9 aromatic carbocycles. The van der Waals surface area contributed by atoms with Gasteiger partial charge in [-0.2, -0.15) is 0 Å². The Bertz CT molecular complexity index is 3110. The first-order valence-corrected chi connectivity index (χ1v) is 19.1. The Morgan fingerprint density at radius 2 is 0.945 bits per heavy atom. The number of anilines is 3. The number of nitrogens with zero attached hydrogens (tertiary/aromatic N) is 1. The summed E-state index contributed by atoms with van der Waals surface area (Å²) >= 11 is 0. The fraction of sp³-hybridized carbons (Fsp3) is 0.0566. The lowest BCUT2D eigenvalue weighted by atomic mass is 9.81. The predicted octanol–water partition coefficient (Wildman–Crippen LogP) is 15.0. The van der Waals surface area contributed by atoms with Crippen LogP contribution in [0, 0.1) is 0 Å². The predicted molar refractivity (Wildman–Crippen MR) is 232 cm³/mol. The van der Waals surface area contributed by atoms with E-state index in [1.165, 1.54) is 71.7 Å². The van der Waals surface area contributed by atoms with E-state index in [0.717, 1.165) is 33.3 Å². The highest BCUT2D eigenvalue weighted by Gasteiger charge is 2.36. The van der Waals surface area contributed by atoms with E-state index in [1.54, 1.807) is 0 Å². The van der Waals surface area contributed by atoms with Crippen LogP contribution in [0.4, 0.5) is 17.1 Å². The van der Waals surface area contributed by atoms with E-state index in [2.05, 4.69) is 195 Å². The number of fused-ring (bicyclic) bond motifs is 9. The lowest BCUT2D eigenvalue weighted by Crippen LogP contribution is -2.17. The van der Waals surface area contributed by atoms with E-state index in [0.29, 0.717) is 0 Å². The molecule has 0 fully saturated rings.